The van der Waals surface area contributed by atoms with E-state index in [2.05, 4.69) is 26.1 Å². The van der Waals surface area contributed by atoms with Crippen molar-refractivity contribution in [2.45, 2.75) is 19.4 Å². The molecule has 25 heavy (non-hydrogen) atoms. The van der Waals surface area contributed by atoms with E-state index >= 15 is 0 Å². The van der Waals surface area contributed by atoms with Crippen molar-refractivity contribution < 1.29 is 13.7 Å². The molecule has 130 valence electrons. The smallest absolute Gasteiger partial charge is 0.227 e. The number of aryl methyl sites for hydroxylation is 1. The molecule has 0 saturated heterocycles. The number of nitrogens with zero attached hydrogens (tertiary/aromatic N) is 3. The summed E-state index contributed by atoms with van der Waals surface area (Å²) in [6.45, 7) is 0.569. The Morgan fingerprint density at radius 3 is 2.72 bits per heavy atom. The lowest BCUT2D eigenvalue weighted by atomic mass is 10.2. The summed E-state index contributed by atoms with van der Waals surface area (Å²) in [5, 5.41) is 3.87. The number of hydrogen-bond acceptors (Lipinski definition) is 5. The summed E-state index contributed by atoms with van der Waals surface area (Å²) in [5.74, 6) is 0.462. The fourth-order valence-electron chi connectivity index (χ4n) is 2.24. The summed E-state index contributed by atoms with van der Waals surface area (Å²) >= 11 is 5.02. The SMILES string of the molecule is CN(Cc1ccc(Br)s1)C(=O)CCc1nc(-c2ccc(F)cc2)no1. The third-order valence-electron chi connectivity index (χ3n) is 3.57. The van der Waals surface area contributed by atoms with Crippen molar-refractivity contribution in [1.29, 1.82) is 0 Å². The number of aromatic nitrogens is 2. The van der Waals surface area contributed by atoms with Crippen LogP contribution in [0.5, 0.6) is 0 Å². The highest BCUT2D eigenvalue weighted by molar-refractivity contribution is 9.11. The average molecular weight is 424 g/mol. The Morgan fingerprint density at radius 2 is 2.04 bits per heavy atom. The Labute approximate surface area is 156 Å². The molecule has 0 aliphatic carbocycles. The molecular formula is C17H15BrFN3O2S. The van der Waals surface area contributed by atoms with Gasteiger partial charge in [0.25, 0.3) is 0 Å². The van der Waals surface area contributed by atoms with Crippen LogP contribution < -0.4 is 0 Å². The van der Waals surface area contributed by atoms with Gasteiger partial charge >= 0.3 is 0 Å². The molecule has 0 radical (unpaired) electrons. The van der Waals surface area contributed by atoms with Crippen LogP contribution in [0.4, 0.5) is 4.39 Å². The first-order valence-corrected chi connectivity index (χ1v) is 9.19. The first-order chi connectivity index (χ1) is 12.0. The van der Waals surface area contributed by atoms with Crippen LogP contribution in [0.1, 0.15) is 17.2 Å². The number of halogens is 2. The molecule has 1 aromatic carbocycles. The van der Waals surface area contributed by atoms with E-state index in [-0.39, 0.29) is 18.1 Å². The average Bonchev–Trinajstić information content (AvgIpc) is 3.22. The Hall–Kier alpha value is -2.06. The zero-order valence-corrected chi connectivity index (χ0v) is 15.8. The van der Waals surface area contributed by atoms with Gasteiger partial charge in [-0.2, -0.15) is 4.98 Å². The molecule has 5 nitrogen and oxygen atoms in total. The predicted octanol–water partition coefficient (Wildman–Crippen LogP) is 4.29. The van der Waals surface area contributed by atoms with Gasteiger partial charge in [0.05, 0.1) is 10.3 Å². The molecule has 3 aromatic rings. The van der Waals surface area contributed by atoms with E-state index in [4.69, 9.17) is 4.52 Å². The molecule has 3 rings (SSSR count). The summed E-state index contributed by atoms with van der Waals surface area (Å²) in [7, 11) is 1.77. The molecule has 0 saturated carbocycles. The quantitative estimate of drug-likeness (QED) is 0.593. The summed E-state index contributed by atoms with van der Waals surface area (Å²) in [6, 6.07) is 9.81. The summed E-state index contributed by atoms with van der Waals surface area (Å²) in [6.07, 6.45) is 0.652. The van der Waals surface area contributed by atoms with Gasteiger partial charge in [0.1, 0.15) is 5.82 Å². The van der Waals surface area contributed by atoms with Crippen LogP contribution in [0.3, 0.4) is 0 Å². The highest BCUT2D eigenvalue weighted by Crippen LogP contribution is 2.23. The van der Waals surface area contributed by atoms with E-state index in [9.17, 15) is 9.18 Å². The van der Waals surface area contributed by atoms with Crippen molar-refractivity contribution in [2.75, 3.05) is 7.05 Å². The van der Waals surface area contributed by atoms with Crippen LogP contribution in [-0.4, -0.2) is 28.0 Å². The van der Waals surface area contributed by atoms with Gasteiger partial charge in [-0.15, -0.1) is 11.3 Å². The number of thiophene rings is 1. The van der Waals surface area contributed by atoms with Gasteiger partial charge < -0.3 is 9.42 Å². The molecular weight excluding hydrogens is 409 g/mol. The Kier molecular flexibility index (Phi) is 5.60. The third kappa shape index (κ3) is 4.73. The van der Waals surface area contributed by atoms with Crippen molar-refractivity contribution in [3.8, 4) is 11.4 Å². The number of rotatable bonds is 6. The normalized spacial score (nSPS) is 10.8. The van der Waals surface area contributed by atoms with Crippen LogP contribution in [0.15, 0.2) is 44.7 Å². The lowest BCUT2D eigenvalue weighted by molar-refractivity contribution is -0.130. The van der Waals surface area contributed by atoms with Crippen molar-refractivity contribution >= 4 is 33.2 Å². The predicted molar refractivity (Wildman–Crippen MR) is 96.5 cm³/mol. The molecule has 0 spiro atoms. The van der Waals surface area contributed by atoms with Crippen LogP contribution in [0.25, 0.3) is 11.4 Å². The summed E-state index contributed by atoms with van der Waals surface area (Å²) in [4.78, 5) is 19.3. The van der Waals surface area contributed by atoms with E-state index in [1.165, 1.54) is 12.1 Å². The molecule has 8 heteroatoms. The first-order valence-electron chi connectivity index (χ1n) is 7.58. The second-order valence-electron chi connectivity index (χ2n) is 5.47. The second-order valence-corrected chi connectivity index (χ2v) is 8.02. The van der Waals surface area contributed by atoms with Gasteiger partial charge in [0, 0.05) is 30.3 Å². The van der Waals surface area contributed by atoms with E-state index in [0.717, 1.165) is 8.66 Å². The zero-order chi connectivity index (χ0) is 17.8. The first kappa shape index (κ1) is 17.8. The van der Waals surface area contributed by atoms with Crippen LogP contribution >= 0.6 is 27.3 Å². The van der Waals surface area contributed by atoms with Gasteiger partial charge in [0.2, 0.25) is 17.6 Å². The molecule has 1 amide bonds. The topological polar surface area (TPSA) is 59.2 Å². The van der Waals surface area contributed by atoms with Gasteiger partial charge in [-0.25, -0.2) is 4.39 Å². The standard InChI is InChI=1S/C17H15BrFN3O2S/c1-22(10-13-6-7-14(18)25-13)16(23)9-8-15-20-17(21-24-15)11-2-4-12(19)5-3-11/h2-7H,8-10H2,1H3. The molecule has 2 aromatic heterocycles. The molecule has 0 aliphatic rings. The fraction of sp³-hybridized carbons (Fsp3) is 0.235. The van der Waals surface area contributed by atoms with E-state index in [1.54, 1.807) is 35.4 Å². The van der Waals surface area contributed by atoms with Crippen molar-refractivity contribution in [2.24, 2.45) is 0 Å². The minimum atomic E-state index is -0.320. The lowest BCUT2D eigenvalue weighted by Gasteiger charge is -2.15. The largest absolute Gasteiger partial charge is 0.341 e. The minimum Gasteiger partial charge on any atom is -0.341 e. The Balaban J connectivity index is 1.54. The number of benzene rings is 1. The lowest BCUT2D eigenvalue weighted by Crippen LogP contribution is -2.26. The number of hydrogen-bond donors (Lipinski definition) is 0. The Bertz CT molecular complexity index is 863. The van der Waals surface area contributed by atoms with Gasteiger partial charge in [0.15, 0.2) is 0 Å². The Morgan fingerprint density at radius 1 is 1.28 bits per heavy atom. The van der Waals surface area contributed by atoms with Gasteiger partial charge in [-0.3, -0.25) is 4.79 Å². The maximum absolute atomic E-state index is 12.9. The van der Waals surface area contributed by atoms with E-state index < -0.39 is 0 Å². The number of carbonyl (C=O) groups excluding carboxylic acids is 1. The molecule has 0 atom stereocenters. The maximum atomic E-state index is 12.9. The highest BCUT2D eigenvalue weighted by atomic mass is 79.9. The second kappa shape index (κ2) is 7.88. The summed E-state index contributed by atoms with van der Waals surface area (Å²) < 4.78 is 19.2. The highest BCUT2D eigenvalue weighted by Gasteiger charge is 2.14. The number of amides is 1. The van der Waals surface area contributed by atoms with Crippen molar-refractivity contribution in [3.05, 3.63) is 56.8 Å². The van der Waals surface area contributed by atoms with Gasteiger partial charge in [-0.1, -0.05) is 5.16 Å². The third-order valence-corrected chi connectivity index (χ3v) is 5.18. The molecule has 0 N–H and O–H groups in total. The van der Waals surface area contributed by atoms with Gasteiger partial charge in [-0.05, 0) is 52.3 Å². The monoisotopic (exact) mass is 423 g/mol. The van der Waals surface area contributed by atoms with Crippen molar-refractivity contribution in [1.82, 2.24) is 15.0 Å². The van der Waals surface area contributed by atoms with E-state index in [0.29, 0.717) is 30.2 Å². The van der Waals surface area contributed by atoms with E-state index in [1.807, 2.05) is 12.1 Å². The molecule has 0 aliphatic heterocycles. The molecule has 0 unspecified atom stereocenters. The molecule has 0 fully saturated rings. The van der Waals surface area contributed by atoms with Crippen LogP contribution in [-0.2, 0) is 17.8 Å². The number of carbonyl (C=O) groups is 1. The van der Waals surface area contributed by atoms with Crippen molar-refractivity contribution in [3.63, 3.8) is 0 Å². The molecule has 2 heterocycles. The molecule has 0 bridgehead atoms. The summed E-state index contributed by atoms with van der Waals surface area (Å²) in [5.41, 5.74) is 0.670. The van der Waals surface area contributed by atoms with Crippen LogP contribution in [0.2, 0.25) is 0 Å². The zero-order valence-electron chi connectivity index (χ0n) is 13.4. The fourth-order valence-corrected chi connectivity index (χ4v) is 3.77. The minimum absolute atomic E-state index is 0.00561. The maximum Gasteiger partial charge on any atom is 0.227 e. The van der Waals surface area contributed by atoms with Crippen LogP contribution in [0, 0.1) is 5.82 Å².